The minimum Gasteiger partial charge on any atom is -0.450 e. The summed E-state index contributed by atoms with van der Waals surface area (Å²) in [5, 5.41) is 19.0. The van der Waals surface area contributed by atoms with Crippen molar-refractivity contribution in [3.63, 3.8) is 0 Å². The van der Waals surface area contributed by atoms with Gasteiger partial charge in [0.15, 0.2) is 32.8 Å². The lowest BCUT2D eigenvalue weighted by atomic mass is 10.2. The molecule has 0 radical (unpaired) electrons. The van der Waals surface area contributed by atoms with Gasteiger partial charge in [0.1, 0.15) is 32.1 Å². The fraction of sp³-hybridized carbons (Fsp3) is 0.231. The number of morpholine rings is 1. The summed E-state index contributed by atoms with van der Waals surface area (Å²) < 4.78 is 157. The molecule has 0 spiro atoms. The van der Waals surface area contributed by atoms with Gasteiger partial charge in [0.05, 0.1) is 41.8 Å². The molecule has 9 rings (SSSR count). The van der Waals surface area contributed by atoms with Gasteiger partial charge >= 0.3 is 0 Å². The SMILES string of the molecule is CN(CCO)c1nc(Nc2ccc3c(c2S(=O)(=O)O)Oc2c(Cl)c4c(c(Cl)c2=N3)Oc2c(ccc(Nc3nc(NCCS(=O)(=O)O)nc(Nc5ccc(S(=O)(=O)O)cc5)n3)c2S(=O)(=O)O)N=4)nc(N2CCOCC2)n1. The zero-order valence-electron chi connectivity index (χ0n) is 37.9. The van der Waals surface area contributed by atoms with E-state index in [1.54, 1.807) is 7.05 Å². The van der Waals surface area contributed by atoms with Crippen LogP contribution in [0.25, 0.3) is 0 Å². The van der Waals surface area contributed by atoms with Crippen LogP contribution in [0, 0.1) is 0 Å². The van der Waals surface area contributed by atoms with Gasteiger partial charge in [-0.2, -0.15) is 63.6 Å². The lowest BCUT2D eigenvalue weighted by Crippen LogP contribution is -2.38. The van der Waals surface area contributed by atoms with Crippen molar-refractivity contribution in [2.45, 2.75) is 14.7 Å². The third-order valence-corrected chi connectivity index (χ3v) is 14.8. The second kappa shape index (κ2) is 20.3. The maximum absolute atomic E-state index is 13.2. The molecule has 75 heavy (non-hydrogen) atoms. The van der Waals surface area contributed by atoms with Crippen molar-refractivity contribution >= 4 is 128 Å². The average molecular weight is 1160 g/mol. The number of anilines is 9. The van der Waals surface area contributed by atoms with Crippen molar-refractivity contribution < 1.29 is 71.2 Å². The monoisotopic (exact) mass is 1150 g/mol. The maximum atomic E-state index is 13.2. The van der Waals surface area contributed by atoms with Crippen molar-refractivity contribution in [3.05, 3.63) is 69.3 Å². The first-order valence-corrected chi connectivity index (χ1v) is 27.9. The molecule has 0 saturated carbocycles. The largest absolute Gasteiger partial charge is 0.450 e. The third-order valence-electron chi connectivity index (χ3n) is 10.7. The van der Waals surface area contributed by atoms with Gasteiger partial charge in [-0.05, 0) is 48.5 Å². The van der Waals surface area contributed by atoms with E-state index in [0.717, 1.165) is 18.2 Å². The molecule has 36 heteroatoms. The molecule has 6 aromatic rings. The van der Waals surface area contributed by atoms with Crippen LogP contribution in [0.4, 0.5) is 64.1 Å². The van der Waals surface area contributed by atoms with Gasteiger partial charge < -0.3 is 50.4 Å². The summed E-state index contributed by atoms with van der Waals surface area (Å²) in [6, 6.07) is 9.44. The lowest BCUT2D eigenvalue weighted by Gasteiger charge is -2.28. The molecule has 1 saturated heterocycles. The van der Waals surface area contributed by atoms with Crippen LogP contribution in [0.1, 0.15) is 0 Å². The third kappa shape index (κ3) is 11.5. The van der Waals surface area contributed by atoms with Gasteiger partial charge in [-0.1, -0.05) is 23.2 Å². The Labute approximate surface area is 433 Å². The molecule has 0 amide bonds. The van der Waals surface area contributed by atoms with E-state index in [0.29, 0.717) is 26.3 Å². The first kappa shape index (κ1) is 52.9. The molecule has 3 aliphatic rings. The van der Waals surface area contributed by atoms with E-state index in [9.17, 15) is 57.0 Å². The molecule has 9 N–H and O–H groups in total. The van der Waals surface area contributed by atoms with E-state index >= 15 is 0 Å². The minimum atomic E-state index is -5.31. The molecule has 3 aliphatic heterocycles. The second-order valence-electron chi connectivity index (χ2n) is 15.8. The number of nitrogens with zero attached hydrogens (tertiary/aromatic N) is 10. The average Bonchev–Trinajstić information content (AvgIpc) is 3.33. The minimum absolute atomic E-state index is 0.113. The molecule has 1 fully saturated rings. The van der Waals surface area contributed by atoms with Crippen molar-refractivity contribution in [3.8, 4) is 23.0 Å². The Morgan fingerprint density at radius 2 is 1.13 bits per heavy atom. The van der Waals surface area contributed by atoms with Gasteiger partial charge in [-0.3, -0.25) is 18.2 Å². The fourth-order valence-electron chi connectivity index (χ4n) is 7.31. The number of fused-ring (bicyclic) bond motifs is 4. The number of rotatable bonds is 17. The number of aliphatic hydroxyl groups excluding tert-OH is 1. The van der Waals surface area contributed by atoms with Crippen LogP contribution in [0.2, 0.25) is 10.0 Å². The van der Waals surface area contributed by atoms with Crippen molar-refractivity contribution in [2.75, 3.05) is 89.9 Å². The number of aliphatic hydroxyl groups is 1. The zero-order valence-corrected chi connectivity index (χ0v) is 42.6. The highest BCUT2D eigenvalue weighted by atomic mass is 35.5. The van der Waals surface area contributed by atoms with E-state index in [4.69, 9.17) is 37.4 Å². The smallest absolute Gasteiger partial charge is 0.300 e. The molecule has 5 heterocycles. The number of ether oxygens (including phenoxy) is 3. The fourth-order valence-corrected chi connectivity index (χ4v) is 10.2. The van der Waals surface area contributed by atoms with Crippen LogP contribution >= 0.6 is 23.2 Å². The van der Waals surface area contributed by atoms with Crippen LogP contribution in [0.5, 0.6) is 23.0 Å². The Balaban J connectivity index is 1.08. The van der Waals surface area contributed by atoms with Gasteiger partial charge in [0.25, 0.3) is 40.5 Å². The lowest BCUT2D eigenvalue weighted by molar-refractivity contribution is 0.122. The number of likely N-dealkylation sites (N-methyl/N-ethyl adjacent to an activating group) is 1. The van der Waals surface area contributed by atoms with Crippen LogP contribution in [-0.2, 0) is 45.2 Å². The van der Waals surface area contributed by atoms with E-state index < -0.39 is 106 Å². The highest BCUT2D eigenvalue weighted by molar-refractivity contribution is 7.86. The Hall–Kier alpha value is -6.96. The number of halogens is 2. The van der Waals surface area contributed by atoms with Crippen molar-refractivity contribution in [1.29, 1.82) is 0 Å². The van der Waals surface area contributed by atoms with Gasteiger partial charge in [0, 0.05) is 38.9 Å². The van der Waals surface area contributed by atoms with Gasteiger partial charge in [-0.25, -0.2) is 9.98 Å². The maximum Gasteiger partial charge on any atom is 0.300 e. The summed E-state index contributed by atoms with van der Waals surface area (Å²) in [4.78, 5) is 35.9. The molecular weight excluding hydrogens is 1120 g/mol. The number of hydrogen-bond donors (Lipinski definition) is 9. The summed E-state index contributed by atoms with van der Waals surface area (Å²) in [6.45, 7) is 1.06. The van der Waals surface area contributed by atoms with Crippen molar-refractivity contribution in [2.24, 2.45) is 9.98 Å². The normalized spacial score (nSPS) is 14.1. The first-order chi connectivity index (χ1) is 35.3. The molecule has 0 bridgehead atoms. The molecule has 2 aromatic heterocycles. The van der Waals surface area contributed by atoms with Gasteiger partial charge in [0.2, 0.25) is 35.7 Å². The van der Waals surface area contributed by atoms with Crippen LogP contribution in [0.3, 0.4) is 0 Å². The number of hydrogen-bond acceptors (Lipinski definition) is 26. The molecule has 30 nitrogen and oxygen atoms in total. The van der Waals surface area contributed by atoms with Crippen LogP contribution in [-0.4, -0.2) is 146 Å². The number of aromatic nitrogens is 6. The molecule has 0 atom stereocenters. The summed E-state index contributed by atoms with van der Waals surface area (Å²) in [6.07, 6.45) is 0. The summed E-state index contributed by atoms with van der Waals surface area (Å²) in [7, 11) is -17.9. The molecular formula is C39H36Cl2N14O16S4. The summed E-state index contributed by atoms with van der Waals surface area (Å²) in [5.74, 6) is -3.67. The van der Waals surface area contributed by atoms with E-state index in [1.165, 1.54) is 35.2 Å². The van der Waals surface area contributed by atoms with E-state index in [-0.39, 0.29) is 82.1 Å². The Morgan fingerprint density at radius 3 is 1.63 bits per heavy atom. The Kier molecular flexibility index (Phi) is 14.3. The number of nitrogens with one attached hydrogen (secondary N) is 4. The predicted octanol–water partition coefficient (Wildman–Crippen LogP) is 3.01. The first-order valence-electron chi connectivity index (χ1n) is 21.2. The standard InChI is InChI=1S/C39H36Cl2N14O16S4/c1-54(11-14-56)38-51-37(52-39(53-38)55-12-15-69-16-13-55)47-23-9-7-21-29(33(23)75(66,67)68)71-31-25(41)26-30(24(40)27(31)45-21)70-28-20(44-26)6-8-22(32(28)74(63,64)65)46-36-49-34(42-10-17-72(57,58)59)48-35(50-36)43-18-2-4-19(5-3-18)73(60,61)62/h2-9,56H,10-17H2,1H3,(H,57,58,59)(H,60,61,62)(H,63,64,65)(H,66,67,68)(H,47,51,52,53)(H3,42,43,46,48,49,50). The highest BCUT2D eigenvalue weighted by Crippen LogP contribution is 2.49. The molecule has 396 valence electrons. The van der Waals surface area contributed by atoms with E-state index in [1.807, 2.05) is 4.90 Å². The number of benzene rings is 4. The molecule has 4 aromatic carbocycles. The summed E-state index contributed by atoms with van der Waals surface area (Å²) in [5.41, 5.74) is -1.04. The second-order valence-corrected chi connectivity index (χ2v) is 22.3. The molecule has 0 aliphatic carbocycles. The zero-order chi connectivity index (χ0) is 53.8. The Bertz CT molecular complexity index is 3920. The summed E-state index contributed by atoms with van der Waals surface area (Å²) >= 11 is 13.8. The quantitative estimate of drug-likeness (QED) is 0.0592. The molecule has 0 unspecified atom stereocenters. The van der Waals surface area contributed by atoms with Crippen LogP contribution in [0.15, 0.2) is 73.2 Å². The predicted molar refractivity (Wildman–Crippen MR) is 265 cm³/mol. The highest BCUT2D eigenvalue weighted by Gasteiger charge is 2.35. The van der Waals surface area contributed by atoms with Crippen molar-refractivity contribution in [1.82, 2.24) is 29.9 Å². The van der Waals surface area contributed by atoms with E-state index in [2.05, 4.69) is 61.2 Å². The topological polar surface area (TPSA) is 422 Å². The van der Waals surface area contributed by atoms with Crippen LogP contribution < -0.4 is 51.3 Å². The Morgan fingerprint density at radius 1 is 0.627 bits per heavy atom. The van der Waals surface area contributed by atoms with Gasteiger partial charge in [-0.15, -0.1) is 0 Å².